The van der Waals surface area contributed by atoms with Crippen LogP contribution in [0.1, 0.15) is 11.5 Å². The molecule has 1 aliphatic heterocycles. The molecule has 1 saturated heterocycles. The van der Waals surface area contributed by atoms with E-state index >= 15 is 0 Å². The Morgan fingerprint density at radius 1 is 1.04 bits per heavy atom. The minimum Gasteiger partial charge on any atom is -0.352 e. The van der Waals surface area contributed by atoms with Crippen molar-refractivity contribution in [2.45, 2.75) is 19.1 Å². The van der Waals surface area contributed by atoms with E-state index in [4.69, 9.17) is 0 Å². The molecule has 0 aromatic carbocycles. The molecule has 4 heterocycles. The van der Waals surface area contributed by atoms with Crippen LogP contribution in [0.25, 0.3) is 5.65 Å². The molecule has 8 nitrogen and oxygen atoms in total. The molecule has 0 saturated carbocycles. The summed E-state index contributed by atoms with van der Waals surface area (Å²) in [6.07, 6.45) is -4.48. The summed E-state index contributed by atoms with van der Waals surface area (Å²) in [5.74, 6) is 1.90. The van der Waals surface area contributed by atoms with Crippen molar-refractivity contribution in [1.29, 1.82) is 0 Å². The second-order valence-corrected chi connectivity index (χ2v) is 6.15. The van der Waals surface area contributed by atoms with E-state index in [1.165, 1.54) is 6.07 Å². The molecule has 4 rings (SSSR count). The average Bonchev–Trinajstić information content (AvgIpc) is 2.94. The maximum absolute atomic E-state index is 12.6. The van der Waals surface area contributed by atoms with Crippen molar-refractivity contribution in [1.82, 2.24) is 30.0 Å². The van der Waals surface area contributed by atoms with Gasteiger partial charge in [0.05, 0.1) is 6.04 Å². The van der Waals surface area contributed by atoms with Crippen LogP contribution < -0.4 is 9.80 Å². The van der Waals surface area contributed by atoms with Crippen LogP contribution in [0.15, 0.2) is 24.3 Å². The third-order valence-corrected chi connectivity index (χ3v) is 4.44. The van der Waals surface area contributed by atoms with Crippen LogP contribution in [0.4, 0.5) is 24.8 Å². The lowest BCUT2D eigenvalue weighted by atomic mass is 10.1. The molecule has 0 N–H and O–H groups in total. The summed E-state index contributed by atoms with van der Waals surface area (Å²) in [7, 11) is 1.79. The van der Waals surface area contributed by atoms with Crippen molar-refractivity contribution in [2.24, 2.45) is 0 Å². The van der Waals surface area contributed by atoms with Gasteiger partial charge in [-0.05, 0) is 31.2 Å². The molecular weight excluding hydrogens is 349 g/mol. The van der Waals surface area contributed by atoms with E-state index in [0.717, 1.165) is 11.9 Å². The van der Waals surface area contributed by atoms with Gasteiger partial charge < -0.3 is 9.80 Å². The molecule has 1 fully saturated rings. The summed E-state index contributed by atoms with van der Waals surface area (Å²) in [4.78, 5) is 3.89. The third-order valence-electron chi connectivity index (χ3n) is 4.44. The fourth-order valence-corrected chi connectivity index (χ4v) is 2.79. The van der Waals surface area contributed by atoms with Gasteiger partial charge in [0.2, 0.25) is 0 Å². The molecule has 0 aliphatic carbocycles. The molecule has 1 aliphatic rings. The maximum Gasteiger partial charge on any atom is 0.435 e. The highest BCUT2D eigenvalue weighted by Gasteiger charge is 2.35. The molecule has 0 bridgehead atoms. The Balaban J connectivity index is 1.44. The number of nitrogens with zero attached hydrogens (tertiary/aromatic N) is 8. The average molecular weight is 364 g/mol. The van der Waals surface area contributed by atoms with Gasteiger partial charge >= 0.3 is 6.18 Å². The predicted octanol–water partition coefficient (Wildman–Crippen LogP) is 1.57. The molecule has 0 spiro atoms. The Labute approximate surface area is 146 Å². The first-order valence-corrected chi connectivity index (χ1v) is 7.91. The predicted molar refractivity (Wildman–Crippen MR) is 87.0 cm³/mol. The molecule has 136 valence electrons. The van der Waals surface area contributed by atoms with Crippen LogP contribution in [-0.2, 0) is 6.18 Å². The van der Waals surface area contributed by atoms with Gasteiger partial charge in [-0.2, -0.15) is 17.7 Å². The zero-order chi connectivity index (χ0) is 18.5. The summed E-state index contributed by atoms with van der Waals surface area (Å²) >= 11 is 0. The molecule has 3 aromatic rings. The quantitative estimate of drug-likeness (QED) is 0.698. The Morgan fingerprint density at radius 2 is 1.81 bits per heavy atom. The van der Waals surface area contributed by atoms with E-state index in [1.807, 2.05) is 24.0 Å². The molecular formula is C15H15F3N8. The summed E-state index contributed by atoms with van der Waals surface area (Å²) in [5.41, 5.74) is -0.313. The number of aryl methyl sites for hydroxylation is 1. The second kappa shape index (κ2) is 5.78. The van der Waals surface area contributed by atoms with Gasteiger partial charge in [-0.3, -0.25) is 0 Å². The van der Waals surface area contributed by atoms with Crippen LogP contribution in [0, 0.1) is 6.92 Å². The number of fused-ring (bicyclic) bond motifs is 1. The number of anilines is 2. The van der Waals surface area contributed by atoms with E-state index < -0.39 is 11.9 Å². The molecule has 0 amide bonds. The van der Waals surface area contributed by atoms with Gasteiger partial charge in [-0.1, -0.05) is 0 Å². The van der Waals surface area contributed by atoms with Crippen molar-refractivity contribution in [3.05, 3.63) is 35.8 Å². The molecule has 0 atom stereocenters. The Kier molecular flexibility index (Phi) is 3.67. The van der Waals surface area contributed by atoms with Gasteiger partial charge in [0, 0.05) is 20.1 Å². The van der Waals surface area contributed by atoms with Crippen LogP contribution in [0.2, 0.25) is 0 Å². The summed E-state index contributed by atoms with van der Waals surface area (Å²) in [6, 6.07) is 6.11. The minimum absolute atomic E-state index is 0.112. The number of halogens is 3. The van der Waals surface area contributed by atoms with Gasteiger partial charge in [-0.25, -0.2) is 0 Å². The molecule has 0 radical (unpaired) electrons. The molecule has 0 unspecified atom stereocenters. The van der Waals surface area contributed by atoms with Crippen LogP contribution >= 0.6 is 0 Å². The highest BCUT2D eigenvalue weighted by molar-refractivity contribution is 5.50. The van der Waals surface area contributed by atoms with E-state index in [9.17, 15) is 13.2 Å². The normalized spacial score (nSPS) is 15.3. The lowest BCUT2D eigenvalue weighted by Gasteiger charge is -2.44. The number of hydrogen-bond acceptors (Lipinski definition) is 7. The monoisotopic (exact) mass is 364 g/mol. The first kappa shape index (κ1) is 16.5. The van der Waals surface area contributed by atoms with Crippen molar-refractivity contribution >= 4 is 17.3 Å². The zero-order valence-corrected chi connectivity index (χ0v) is 14.0. The van der Waals surface area contributed by atoms with E-state index in [1.54, 1.807) is 11.6 Å². The Morgan fingerprint density at radius 3 is 2.46 bits per heavy atom. The molecule has 3 aromatic heterocycles. The third kappa shape index (κ3) is 2.78. The largest absolute Gasteiger partial charge is 0.435 e. The smallest absolute Gasteiger partial charge is 0.352 e. The SMILES string of the molecule is Cc1nnc2ccc(N3CC(N(C)c4ccc(C(F)(F)F)nn4)C3)nn12. The highest BCUT2D eigenvalue weighted by atomic mass is 19.4. The first-order chi connectivity index (χ1) is 12.3. The second-order valence-electron chi connectivity index (χ2n) is 6.15. The molecule has 11 heteroatoms. The maximum atomic E-state index is 12.6. The van der Waals surface area contributed by atoms with Crippen LogP contribution in [-0.4, -0.2) is 56.2 Å². The standard InChI is InChI=1S/C15H15F3N8/c1-9-19-22-13-5-6-14(23-26(9)13)25-7-10(8-25)24(2)12-4-3-11(20-21-12)15(16,17)18/h3-6,10H,7-8H2,1-2H3. The van der Waals surface area contributed by atoms with E-state index in [2.05, 4.69) is 30.4 Å². The number of likely N-dealkylation sites (N-methyl/N-ethyl adjacent to an activating group) is 1. The van der Waals surface area contributed by atoms with Gasteiger partial charge in [0.1, 0.15) is 5.82 Å². The molecule has 26 heavy (non-hydrogen) atoms. The van der Waals surface area contributed by atoms with Crippen molar-refractivity contribution in [3.8, 4) is 0 Å². The minimum atomic E-state index is -4.48. The van der Waals surface area contributed by atoms with Gasteiger partial charge in [-0.15, -0.1) is 25.5 Å². The number of aromatic nitrogens is 6. The van der Waals surface area contributed by atoms with Crippen molar-refractivity contribution in [2.75, 3.05) is 29.9 Å². The first-order valence-electron chi connectivity index (χ1n) is 7.91. The number of rotatable bonds is 3. The lowest BCUT2D eigenvalue weighted by Crippen LogP contribution is -2.59. The topological polar surface area (TPSA) is 75.3 Å². The van der Waals surface area contributed by atoms with E-state index in [-0.39, 0.29) is 6.04 Å². The van der Waals surface area contributed by atoms with Crippen LogP contribution in [0.5, 0.6) is 0 Å². The number of hydrogen-bond donors (Lipinski definition) is 0. The van der Waals surface area contributed by atoms with Crippen molar-refractivity contribution < 1.29 is 13.2 Å². The summed E-state index contributed by atoms with van der Waals surface area (Å²) in [5, 5.41) is 19.4. The summed E-state index contributed by atoms with van der Waals surface area (Å²) in [6.45, 7) is 3.19. The van der Waals surface area contributed by atoms with E-state index in [0.29, 0.717) is 30.4 Å². The van der Waals surface area contributed by atoms with Crippen molar-refractivity contribution in [3.63, 3.8) is 0 Å². The highest BCUT2D eigenvalue weighted by Crippen LogP contribution is 2.28. The lowest BCUT2D eigenvalue weighted by molar-refractivity contribution is -0.141. The summed E-state index contributed by atoms with van der Waals surface area (Å²) < 4.78 is 39.4. The van der Waals surface area contributed by atoms with Gasteiger partial charge in [0.15, 0.2) is 23.0 Å². The fourth-order valence-electron chi connectivity index (χ4n) is 2.79. The van der Waals surface area contributed by atoms with Crippen LogP contribution in [0.3, 0.4) is 0 Å². The zero-order valence-electron chi connectivity index (χ0n) is 14.0. The Hall–Kier alpha value is -2.98. The Bertz CT molecular complexity index is 930. The van der Waals surface area contributed by atoms with Gasteiger partial charge in [0.25, 0.3) is 0 Å². The number of alkyl halides is 3. The fraction of sp³-hybridized carbons (Fsp3) is 0.400.